The molecule has 0 bridgehead atoms. The first-order chi connectivity index (χ1) is 10.0. The van der Waals surface area contributed by atoms with Gasteiger partial charge in [0.1, 0.15) is 0 Å². The molecule has 0 radical (unpaired) electrons. The van der Waals surface area contributed by atoms with Crippen molar-refractivity contribution in [1.82, 2.24) is 9.97 Å². The Hall–Kier alpha value is -1.39. The van der Waals surface area contributed by atoms with Gasteiger partial charge in [-0.2, -0.15) is 0 Å². The van der Waals surface area contributed by atoms with Crippen LogP contribution in [0.2, 0.25) is 0 Å². The molecule has 2 aromatic rings. The van der Waals surface area contributed by atoms with Crippen LogP contribution in [0.4, 0.5) is 0 Å². The highest BCUT2D eigenvalue weighted by atomic mass is 32.2. The zero-order valence-corrected chi connectivity index (χ0v) is 14.0. The molecule has 2 rings (SSSR count). The predicted molar refractivity (Wildman–Crippen MR) is 90.6 cm³/mol. The summed E-state index contributed by atoms with van der Waals surface area (Å²) in [5.41, 5.74) is 10.1. The van der Waals surface area contributed by atoms with Gasteiger partial charge in [-0.1, -0.05) is 19.1 Å². The standard InChI is InChI=1S/C17H23N3S/c1-11(10-18)9-16-12(2)19-17(20-13(16)3)14-5-7-15(21-4)8-6-14/h5-8,11H,9-10,18H2,1-4H3. The summed E-state index contributed by atoms with van der Waals surface area (Å²) in [6.07, 6.45) is 3.02. The van der Waals surface area contributed by atoms with Crippen LogP contribution in [0.5, 0.6) is 0 Å². The maximum Gasteiger partial charge on any atom is 0.159 e. The summed E-state index contributed by atoms with van der Waals surface area (Å²) in [7, 11) is 0. The normalized spacial score (nSPS) is 12.4. The molecule has 1 atom stereocenters. The number of thioether (sulfide) groups is 1. The van der Waals surface area contributed by atoms with Crippen LogP contribution in [0, 0.1) is 19.8 Å². The Morgan fingerprint density at radius 3 is 2.14 bits per heavy atom. The highest BCUT2D eigenvalue weighted by molar-refractivity contribution is 7.98. The highest BCUT2D eigenvalue weighted by Gasteiger charge is 2.12. The van der Waals surface area contributed by atoms with Gasteiger partial charge in [0.05, 0.1) is 0 Å². The molecule has 21 heavy (non-hydrogen) atoms. The zero-order valence-electron chi connectivity index (χ0n) is 13.2. The predicted octanol–water partition coefficient (Wildman–Crippen LogP) is 3.62. The SMILES string of the molecule is CSc1ccc(-c2nc(C)c(CC(C)CN)c(C)n2)cc1. The van der Waals surface area contributed by atoms with E-state index in [0.29, 0.717) is 12.5 Å². The molecule has 2 N–H and O–H groups in total. The summed E-state index contributed by atoms with van der Waals surface area (Å²) >= 11 is 1.74. The fourth-order valence-corrected chi connectivity index (χ4v) is 2.74. The van der Waals surface area contributed by atoms with E-state index in [0.717, 1.165) is 29.2 Å². The van der Waals surface area contributed by atoms with Crippen molar-refractivity contribution in [1.29, 1.82) is 0 Å². The van der Waals surface area contributed by atoms with Gasteiger partial charge in [0, 0.05) is 21.8 Å². The fourth-order valence-electron chi connectivity index (χ4n) is 2.34. The molecule has 0 aliphatic rings. The molecule has 0 fully saturated rings. The van der Waals surface area contributed by atoms with Gasteiger partial charge < -0.3 is 5.73 Å². The number of aryl methyl sites for hydroxylation is 2. The molecule has 0 amide bonds. The molecule has 0 aliphatic carbocycles. The molecular formula is C17H23N3S. The number of benzene rings is 1. The van der Waals surface area contributed by atoms with E-state index < -0.39 is 0 Å². The van der Waals surface area contributed by atoms with Crippen LogP contribution < -0.4 is 5.73 Å². The molecule has 1 unspecified atom stereocenters. The first kappa shape index (κ1) is 16.0. The summed E-state index contributed by atoms with van der Waals surface area (Å²) in [6.45, 7) is 6.98. The van der Waals surface area contributed by atoms with Gasteiger partial charge >= 0.3 is 0 Å². The second kappa shape index (κ2) is 7.05. The van der Waals surface area contributed by atoms with E-state index in [2.05, 4.69) is 61.3 Å². The van der Waals surface area contributed by atoms with Gasteiger partial charge in [-0.05, 0) is 56.7 Å². The summed E-state index contributed by atoms with van der Waals surface area (Å²) in [5.74, 6) is 1.26. The number of hydrogen-bond acceptors (Lipinski definition) is 4. The lowest BCUT2D eigenvalue weighted by Gasteiger charge is -2.14. The Balaban J connectivity index is 2.34. The summed E-state index contributed by atoms with van der Waals surface area (Å²) in [6, 6.07) is 8.39. The third kappa shape index (κ3) is 3.83. The van der Waals surface area contributed by atoms with Gasteiger partial charge in [0.2, 0.25) is 0 Å². The molecule has 1 aromatic heterocycles. The van der Waals surface area contributed by atoms with Crippen molar-refractivity contribution in [3.05, 3.63) is 41.2 Å². The van der Waals surface area contributed by atoms with Gasteiger partial charge in [-0.3, -0.25) is 0 Å². The molecule has 1 heterocycles. The smallest absolute Gasteiger partial charge is 0.159 e. The fraction of sp³-hybridized carbons (Fsp3) is 0.412. The van der Waals surface area contributed by atoms with E-state index in [1.54, 1.807) is 11.8 Å². The molecule has 4 heteroatoms. The van der Waals surface area contributed by atoms with E-state index in [4.69, 9.17) is 5.73 Å². The molecule has 0 saturated carbocycles. The van der Waals surface area contributed by atoms with Crippen molar-refractivity contribution in [2.45, 2.75) is 32.1 Å². The minimum Gasteiger partial charge on any atom is -0.330 e. The van der Waals surface area contributed by atoms with Crippen LogP contribution in [0.1, 0.15) is 23.9 Å². The average Bonchev–Trinajstić information content (AvgIpc) is 2.50. The van der Waals surface area contributed by atoms with Gasteiger partial charge in [-0.25, -0.2) is 9.97 Å². The lowest BCUT2D eigenvalue weighted by molar-refractivity contribution is 0.586. The Morgan fingerprint density at radius 2 is 1.67 bits per heavy atom. The van der Waals surface area contributed by atoms with Crippen LogP contribution in [-0.4, -0.2) is 22.8 Å². The van der Waals surface area contributed by atoms with Crippen molar-refractivity contribution in [3.63, 3.8) is 0 Å². The van der Waals surface area contributed by atoms with Crippen molar-refractivity contribution in [3.8, 4) is 11.4 Å². The Labute approximate surface area is 131 Å². The van der Waals surface area contributed by atoms with Crippen LogP contribution in [-0.2, 0) is 6.42 Å². The quantitative estimate of drug-likeness (QED) is 0.857. The van der Waals surface area contributed by atoms with Crippen LogP contribution in [0.25, 0.3) is 11.4 Å². The van der Waals surface area contributed by atoms with Crippen LogP contribution in [0.3, 0.4) is 0 Å². The lowest BCUT2D eigenvalue weighted by Crippen LogP contribution is -2.15. The maximum absolute atomic E-state index is 5.73. The lowest BCUT2D eigenvalue weighted by atomic mass is 9.99. The number of nitrogens with zero attached hydrogens (tertiary/aromatic N) is 2. The van der Waals surface area contributed by atoms with Gasteiger partial charge in [-0.15, -0.1) is 11.8 Å². The third-order valence-corrected chi connectivity index (χ3v) is 4.47. The third-order valence-electron chi connectivity index (χ3n) is 3.72. The van der Waals surface area contributed by atoms with Crippen LogP contribution >= 0.6 is 11.8 Å². The van der Waals surface area contributed by atoms with E-state index in [9.17, 15) is 0 Å². The molecule has 0 saturated heterocycles. The molecular weight excluding hydrogens is 278 g/mol. The Morgan fingerprint density at radius 1 is 1.10 bits per heavy atom. The minimum atomic E-state index is 0.456. The van der Waals surface area contributed by atoms with Gasteiger partial charge in [0.25, 0.3) is 0 Å². The first-order valence-corrected chi connectivity index (χ1v) is 8.46. The van der Waals surface area contributed by atoms with Crippen molar-refractivity contribution >= 4 is 11.8 Å². The first-order valence-electron chi connectivity index (χ1n) is 7.23. The molecule has 0 spiro atoms. The summed E-state index contributed by atoms with van der Waals surface area (Å²) in [5, 5.41) is 0. The van der Waals surface area contributed by atoms with E-state index in [1.807, 2.05) is 0 Å². The molecule has 112 valence electrons. The second-order valence-electron chi connectivity index (χ2n) is 5.47. The minimum absolute atomic E-state index is 0.456. The molecule has 0 aliphatic heterocycles. The zero-order chi connectivity index (χ0) is 15.4. The van der Waals surface area contributed by atoms with Crippen LogP contribution in [0.15, 0.2) is 29.2 Å². The van der Waals surface area contributed by atoms with Crippen molar-refractivity contribution in [2.24, 2.45) is 11.7 Å². The Kier molecular flexibility index (Phi) is 5.37. The topological polar surface area (TPSA) is 51.8 Å². The van der Waals surface area contributed by atoms with Gasteiger partial charge in [0.15, 0.2) is 5.82 Å². The number of aromatic nitrogens is 2. The molecule has 3 nitrogen and oxygen atoms in total. The number of rotatable bonds is 5. The number of nitrogens with two attached hydrogens (primary N) is 1. The number of hydrogen-bond donors (Lipinski definition) is 1. The maximum atomic E-state index is 5.73. The summed E-state index contributed by atoms with van der Waals surface area (Å²) in [4.78, 5) is 10.6. The average molecular weight is 301 g/mol. The second-order valence-corrected chi connectivity index (χ2v) is 6.35. The summed E-state index contributed by atoms with van der Waals surface area (Å²) < 4.78 is 0. The molecule has 1 aromatic carbocycles. The van der Waals surface area contributed by atoms with E-state index in [-0.39, 0.29) is 0 Å². The Bertz CT molecular complexity index is 585. The van der Waals surface area contributed by atoms with Crippen molar-refractivity contribution < 1.29 is 0 Å². The van der Waals surface area contributed by atoms with E-state index in [1.165, 1.54) is 10.5 Å². The monoisotopic (exact) mass is 301 g/mol. The van der Waals surface area contributed by atoms with Crippen molar-refractivity contribution in [2.75, 3.05) is 12.8 Å². The largest absolute Gasteiger partial charge is 0.330 e. The highest BCUT2D eigenvalue weighted by Crippen LogP contribution is 2.23. The van der Waals surface area contributed by atoms with E-state index >= 15 is 0 Å².